The minimum Gasteiger partial charge on any atom is -0.293 e. The largest absolute Gasteiger partial charge is 0.293 e. The summed E-state index contributed by atoms with van der Waals surface area (Å²) in [5, 5.41) is 12.2. The van der Waals surface area contributed by atoms with E-state index in [2.05, 4.69) is 15.5 Å². The van der Waals surface area contributed by atoms with Crippen LogP contribution in [0.5, 0.6) is 0 Å². The fourth-order valence-electron chi connectivity index (χ4n) is 2.22. The van der Waals surface area contributed by atoms with Crippen molar-refractivity contribution in [1.29, 1.82) is 0 Å². The zero-order chi connectivity index (χ0) is 16.2. The highest BCUT2D eigenvalue weighted by atomic mass is 32.2. The summed E-state index contributed by atoms with van der Waals surface area (Å²) in [6, 6.07) is 17.2. The molecule has 0 spiro atoms. The van der Waals surface area contributed by atoms with Crippen molar-refractivity contribution in [2.45, 2.75) is 24.3 Å². The number of benzene rings is 2. The number of carbonyl (C=O) groups is 1. The van der Waals surface area contributed by atoms with Crippen LogP contribution < -0.4 is 0 Å². The maximum absolute atomic E-state index is 12.5. The van der Waals surface area contributed by atoms with Gasteiger partial charge in [-0.25, -0.2) is 0 Å². The van der Waals surface area contributed by atoms with E-state index in [4.69, 9.17) is 0 Å². The number of ketones is 1. The molecule has 0 amide bonds. The standard InChI is InChI=1S/C17H16N4OS/c1-12-7-6-10-15(11-12)21-17(18-19-20-21)23-13(2)16(22)14-8-4-3-5-9-14/h3-11,13H,1-2H3. The van der Waals surface area contributed by atoms with Crippen molar-refractivity contribution in [2.24, 2.45) is 0 Å². The van der Waals surface area contributed by atoms with Crippen LogP contribution in [0.25, 0.3) is 5.69 Å². The highest BCUT2D eigenvalue weighted by Gasteiger charge is 2.20. The molecule has 1 unspecified atom stereocenters. The SMILES string of the molecule is Cc1cccc(-n2nnnc2SC(C)C(=O)c2ccccc2)c1. The van der Waals surface area contributed by atoms with Crippen molar-refractivity contribution < 1.29 is 4.79 Å². The first-order valence-electron chi connectivity index (χ1n) is 7.26. The number of carbonyl (C=O) groups excluding carboxylic acids is 1. The first kappa shape index (κ1) is 15.4. The number of aryl methyl sites for hydroxylation is 1. The molecule has 1 aromatic heterocycles. The van der Waals surface area contributed by atoms with E-state index in [1.54, 1.807) is 4.68 Å². The van der Waals surface area contributed by atoms with E-state index in [-0.39, 0.29) is 11.0 Å². The van der Waals surface area contributed by atoms with Crippen LogP contribution in [0.2, 0.25) is 0 Å². The van der Waals surface area contributed by atoms with Crippen molar-refractivity contribution in [3.63, 3.8) is 0 Å². The Bertz CT molecular complexity index is 816. The number of Topliss-reactive ketones (excluding diaryl/α,β-unsaturated/α-hetero) is 1. The first-order valence-corrected chi connectivity index (χ1v) is 8.14. The van der Waals surface area contributed by atoms with Gasteiger partial charge >= 0.3 is 0 Å². The van der Waals surface area contributed by atoms with Crippen molar-refractivity contribution in [2.75, 3.05) is 0 Å². The van der Waals surface area contributed by atoms with Gasteiger partial charge in [0.05, 0.1) is 10.9 Å². The van der Waals surface area contributed by atoms with Crippen LogP contribution >= 0.6 is 11.8 Å². The highest BCUT2D eigenvalue weighted by molar-refractivity contribution is 8.00. The summed E-state index contributed by atoms with van der Waals surface area (Å²) in [6.07, 6.45) is 0. The van der Waals surface area contributed by atoms with E-state index < -0.39 is 0 Å². The van der Waals surface area contributed by atoms with Crippen LogP contribution in [0.3, 0.4) is 0 Å². The van der Waals surface area contributed by atoms with Gasteiger partial charge in [-0.1, -0.05) is 54.2 Å². The van der Waals surface area contributed by atoms with E-state index in [9.17, 15) is 4.79 Å². The lowest BCUT2D eigenvalue weighted by Gasteiger charge is -2.10. The van der Waals surface area contributed by atoms with Crippen molar-refractivity contribution in [1.82, 2.24) is 20.2 Å². The van der Waals surface area contributed by atoms with Gasteiger partial charge in [-0.3, -0.25) is 4.79 Å². The molecule has 0 fully saturated rings. The molecule has 1 atom stereocenters. The van der Waals surface area contributed by atoms with Crippen LogP contribution in [0, 0.1) is 6.92 Å². The quantitative estimate of drug-likeness (QED) is 0.532. The van der Waals surface area contributed by atoms with Gasteiger partial charge in [0.15, 0.2) is 5.78 Å². The fraction of sp³-hybridized carbons (Fsp3) is 0.176. The lowest BCUT2D eigenvalue weighted by molar-refractivity contribution is 0.0994. The third-order valence-corrected chi connectivity index (χ3v) is 4.43. The zero-order valence-corrected chi connectivity index (χ0v) is 13.7. The van der Waals surface area contributed by atoms with Gasteiger partial charge in [0.2, 0.25) is 5.16 Å². The Morgan fingerprint density at radius 2 is 1.91 bits per heavy atom. The van der Waals surface area contributed by atoms with Gasteiger partial charge in [-0.05, 0) is 42.0 Å². The molecule has 0 saturated heterocycles. The number of nitrogens with zero attached hydrogens (tertiary/aromatic N) is 4. The Kier molecular flexibility index (Phi) is 4.52. The summed E-state index contributed by atoms with van der Waals surface area (Å²) in [4.78, 5) is 12.5. The topological polar surface area (TPSA) is 60.7 Å². The molecular formula is C17H16N4OS. The van der Waals surface area contributed by atoms with Crippen molar-refractivity contribution in [3.8, 4) is 5.69 Å². The predicted molar refractivity (Wildman–Crippen MR) is 90.0 cm³/mol. The van der Waals surface area contributed by atoms with Crippen LogP contribution in [0.1, 0.15) is 22.8 Å². The second-order valence-corrected chi connectivity index (χ2v) is 6.51. The molecule has 2 aromatic carbocycles. The lowest BCUT2D eigenvalue weighted by Crippen LogP contribution is -2.14. The smallest absolute Gasteiger partial charge is 0.214 e. The molecule has 0 aliphatic rings. The summed E-state index contributed by atoms with van der Waals surface area (Å²) in [5.41, 5.74) is 2.71. The number of aromatic nitrogens is 4. The third-order valence-electron chi connectivity index (χ3n) is 3.40. The lowest BCUT2D eigenvalue weighted by atomic mass is 10.1. The number of tetrazole rings is 1. The Morgan fingerprint density at radius 1 is 1.13 bits per heavy atom. The molecule has 0 bridgehead atoms. The normalized spacial score (nSPS) is 12.1. The molecule has 0 aliphatic carbocycles. The molecule has 1 heterocycles. The average molecular weight is 324 g/mol. The van der Waals surface area contributed by atoms with E-state index in [1.165, 1.54) is 11.8 Å². The molecule has 23 heavy (non-hydrogen) atoms. The van der Waals surface area contributed by atoms with Gasteiger partial charge in [0, 0.05) is 5.56 Å². The molecule has 3 aromatic rings. The first-order chi connectivity index (χ1) is 11.1. The van der Waals surface area contributed by atoms with Crippen molar-refractivity contribution in [3.05, 3.63) is 65.7 Å². The van der Waals surface area contributed by atoms with Crippen molar-refractivity contribution >= 4 is 17.5 Å². The summed E-state index contributed by atoms with van der Waals surface area (Å²) in [6.45, 7) is 3.89. The molecule has 0 N–H and O–H groups in total. The molecule has 116 valence electrons. The van der Waals surface area contributed by atoms with E-state index >= 15 is 0 Å². The molecule has 6 heteroatoms. The van der Waals surface area contributed by atoms with Gasteiger partial charge in [0.1, 0.15) is 0 Å². The second kappa shape index (κ2) is 6.75. The summed E-state index contributed by atoms with van der Waals surface area (Å²) < 4.78 is 1.66. The molecule has 0 radical (unpaired) electrons. The highest BCUT2D eigenvalue weighted by Crippen LogP contribution is 2.25. The predicted octanol–water partition coefficient (Wildman–Crippen LogP) is 3.33. The monoisotopic (exact) mass is 324 g/mol. The number of rotatable bonds is 5. The Labute approximate surface area is 138 Å². The minimum absolute atomic E-state index is 0.0643. The molecular weight excluding hydrogens is 308 g/mol. The Morgan fingerprint density at radius 3 is 2.65 bits per heavy atom. The van der Waals surface area contributed by atoms with E-state index in [0.717, 1.165) is 11.3 Å². The zero-order valence-electron chi connectivity index (χ0n) is 12.9. The van der Waals surface area contributed by atoms with E-state index in [1.807, 2.05) is 68.4 Å². The number of hydrogen-bond acceptors (Lipinski definition) is 5. The van der Waals surface area contributed by atoms with Gasteiger partial charge in [0.25, 0.3) is 0 Å². The van der Waals surface area contributed by atoms with E-state index in [0.29, 0.717) is 10.7 Å². The van der Waals surface area contributed by atoms with Crippen LogP contribution in [-0.4, -0.2) is 31.2 Å². The van der Waals surface area contributed by atoms with Crippen LogP contribution in [-0.2, 0) is 0 Å². The molecule has 5 nitrogen and oxygen atoms in total. The summed E-state index contributed by atoms with van der Waals surface area (Å²) in [7, 11) is 0. The number of hydrogen-bond donors (Lipinski definition) is 0. The second-order valence-electron chi connectivity index (χ2n) is 5.20. The van der Waals surface area contributed by atoms with Gasteiger partial charge in [-0.2, -0.15) is 4.68 Å². The van der Waals surface area contributed by atoms with Gasteiger partial charge in [-0.15, -0.1) is 5.10 Å². The number of thioether (sulfide) groups is 1. The summed E-state index contributed by atoms with van der Waals surface area (Å²) in [5.74, 6) is 0.0643. The molecule has 0 saturated carbocycles. The Hall–Kier alpha value is -2.47. The summed E-state index contributed by atoms with van der Waals surface area (Å²) >= 11 is 1.36. The maximum Gasteiger partial charge on any atom is 0.214 e. The van der Waals surface area contributed by atoms with Gasteiger partial charge < -0.3 is 0 Å². The fourth-order valence-corrected chi connectivity index (χ4v) is 3.11. The minimum atomic E-state index is -0.271. The maximum atomic E-state index is 12.5. The average Bonchev–Trinajstić information content (AvgIpc) is 3.03. The molecule has 3 rings (SSSR count). The van der Waals surface area contributed by atoms with Crippen LogP contribution in [0.4, 0.5) is 0 Å². The molecule has 0 aliphatic heterocycles. The third kappa shape index (κ3) is 3.48. The Balaban J connectivity index is 1.82. The van der Waals surface area contributed by atoms with Crippen LogP contribution in [0.15, 0.2) is 59.8 Å².